The van der Waals surface area contributed by atoms with Gasteiger partial charge in [-0.3, -0.25) is 0 Å². The first-order valence-corrected chi connectivity index (χ1v) is 7.84. The Labute approximate surface area is 137 Å². The first-order chi connectivity index (χ1) is 10.8. The van der Waals surface area contributed by atoms with Crippen LogP contribution in [0.1, 0.15) is 38.3 Å². The second-order valence-electron chi connectivity index (χ2n) is 6.02. The average Bonchev–Trinajstić information content (AvgIpc) is 2.94. The number of hydrogen-bond acceptors (Lipinski definition) is 6. The number of ether oxygens (including phenoxy) is 1. The molecule has 0 spiro atoms. The van der Waals surface area contributed by atoms with Gasteiger partial charge in [-0.05, 0) is 17.7 Å². The summed E-state index contributed by atoms with van der Waals surface area (Å²) in [6.07, 6.45) is -0.794. The first kappa shape index (κ1) is 17.6. The molecule has 1 aromatic carbocycles. The lowest BCUT2D eigenvalue weighted by atomic mass is 9.96. The minimum atomic E-state index is -2.86. The van der Waals surface area contributed by atoms with Crippen LogP contribution in [0.15, 0.2) is 24.3 Å². The molecule has 0 aliphatic carbocycles. The molecule has 1 aromatic heterocycles. The van der Waals surface area contributed by atoms with Crippen molar-refractivity contribution < 1.29 is 18.6 Å². The van der Waals surface area contributed by atoms with Crippen molar-refractivity contribution in [2.75, 3.05) is 11.9 Å². The summed E-state index contributed by atoms with van der Waals surface area (Å²) in [4.78, 5) is 4.38. The van der Waals surface area contributed by atoms with Crippen molar-refractivity contribution in [3.63, 3.8) is 0 Å². The van der Waals surface area contributed by atoms with E-state index in [4.69, 9.17) is 0 Å². The van der Waals surface area contributed by atoms with Crippen LogP contribution in [0.3, 0.4) is 0 Å². The molecule has 0 aliphatic heterocycles. The van der Waals surface area contributed by atoms with E-state index in [1.54, 1.807) is 12.1 Å². The van der Waals surface area contributed by atoms with E-state index in [1.165, 1.54) is 23.7 Å². The van der Waals surface area contributed by atoms with E-state index in [-0.39, 0.29) is 17.7 Å². The number of alkyl halides is 2. The van der Waals surface area contributed by atoms with Gasteiger partial charge in [0.15, 0.2) is 0 Å². The molecule has 0 saturated carbocycles. The SMILES string of the molecule is CC(C)(C)c1nsc(NCC(O)c2ccc(OC(F)F)cc2)n1. The van der Waals surface area contributed by atoms with Crippen LogP contribution >= 0.6 is 11.5 Å². The minimum Gasteiger partial charge on any atom is -0.435 e. The molecule has 126 valence electrons. The molecular weight excluding hydrogens is 324 g/mol. The van der Waals surface area contributed by atoms with Crippen molar-refractivity contribution >= 4 is 16.7 Å². The summed E-state index contributed by atoms with van der Waals surface area (Å²) in [5.41, 5.74) is 0.468. The summed E-state index contributed by atoms with van der Waals surface area (Å²) in [6.45, 7) is 3.46. The van der Waals surface area contributed by atoms with Gasteiger partial charge in [0.25, 0.3) is 0 Å². The van der Waals surface area contributed by atoms with Gasteiger partial charge in [-0.1, -0.05) is 32.9 Å². The van der Waals surface area contributed by atoms with Crippen LogP contribution in [0.4, 0.5) is 13.9 Å². The fourth-order valence-electron chi connectivity index (χ4n) is 1.77. The Morgan fingerprint density at radius 1 is 1.26 bits per heavy atom. The Balaban J connectivity index is 1.91. The van der Waals surface area contributed by atoms with Crippen LogP contribution in [0.5, 0.6) is 5.75 Å². The molecule has 0 saturated heterocycles. The zero-order chi connectivity index (χ0) is 17.0. The Morgan fingerprint density at radius 2 is 1.91 bits per heavy atom. The van der Waals surface area contributed by atoms with Crippen LogP contribution in [0, 0.1) is 0 Å². The van der Waals surface area contributed by atoms with Gasteiger partial charge in [0.05, 0.1) is 6.10 Å². The van der Waals surface area contributed by atoms with E-state index < -0.39 is 12.7 Å². The summed E-state index contributed by atoms with van der Waals surface area (Å²) in [7, 11) is 0. The molecule has 0 fully saturated rings. The van der Waals surface area contributed by atoms with Gasteiger partial charge in [0, 0.05) is 23.5 Å². The van der Waals surface area contributed by atoms with Crippen LogP contribution in [-0.4, -0.2) is 27.6 Å². The Hall–Kier alpha value is -1.80. The van der Waals surface area contributed by atoms with Crippen LogP contribution < -0.4 is 10.1 Å². The molecule has 5 nitrogen and oxygen atoms in total. The number of anilines is 1. The summed E-state index contributed by atoms with van der Waals surface area (Å²) in [5.74, 6) is 0.802. The quantitative estimate of drug-likeness (QED) is 0.839. The first-order valence-electron chi connectivity index (χ1n) is 7.06. The Morgan fingerprint density at radius 3 is 2.43 bits per heavy atom. The molecular formula is C15H19F2N3O2S. The number of nitrogens with one attached hydrogen (secondary N) is 1. The maximum Gasteiger partial charge on any atom is 0.387 e. The highest BCUT2D eigenvalue weighted by atomic mass is 32.1. The van der Waals surface area contributed by atoms with E-state index in [0.29, 0.717) is 10.7 Å². The number of hydrogen-bond donors (Lipinski definition) is 2. The van der Waals surface area contributed by atoms with Gasteiger partial charge >= 0.3 is 6.61 Å². The zero-order valence-electron chi connectivity index (χ0n) is 13.1. The number of nitrogens with zero attached hydrogens (tertiary/aromatic N) is 2. The minimum absolute atomic E-state index is 0.0582. The third-order valence-corrected chi connectivity index (χ3v) is 3.71. The number of aliphatic hydroxyl groups is 1. The molecule has 8 heteroatoms. The van der Waals surface area contributed by atoms with Gasteiger partial charge in [-0.2, -0.15) is 13.2 Å². The summed E-state index contributed by atoms with van der Waals surface area (Å²) >= 11 is 1.24. The molecule has 2 N–H and O–H groups in total. The fraction of sp³-hybridized carbons (Fsp3) is 0.467. The van der Waals surface area contributed by atoms with Crippen molar-refractivity contribution in [1.82, 2.24) is 9.36 Å². The average molecular weight is 343 g/mol. The van der Waals surface area contributed by atoms with Crippen molar-refractivity contribution in [3.05, 3.63) is 35.7 Å². The number of halogens is 2. The normalized spacial score (nSPS) is 13.2. The van der Waals surface area contributed by atoms with Crippen molar-refractivity contribution in [3.8, 4) is 5.75 Å². The van der Waals surface area contributed by atoms with Crippen LogP contribution in [-0.2, 0) is 5.41 Å². The second-order valence-corrected chi connectivity index (χ2v) is 6.77. The predicted octanol–water partition coefficient (Wildman–Crippen LogP) is 3.58. The van der Waals surface area contributed by atoms with Crippen molar-refractivity contribution in [2.24, 2.45) is 0 Å². The van der Waals surface area contributed by atoms with Crippen molar-refractivity contribution in [1.29, 1.82) is 0 Å². The Bertz CT molecular complexity index is 626. The van der Waals surface area contributed by atoms with Crippen LogP contribution in [0.25, 0.3) is 0 Å². The highest BCUT2D eigenvalue weighted by Crippen LogP contribution is 2.24. The van der Waals surface area contributed by atoms with Crippen molar-refractivity contribution in [2.45, 2.75) is 38.9 Å². The van der Waals surface area contributed by atoms with Gasteiger partial charge in [0.2, 0.25) is 5.13 Å². The zero-order valence-corrected chi connectivity index (χ0v) is 13.9. The summed E-state index contributed by atoms with van der Waals surface area (Å²) in [6, 6.07) is 5.89. The van der Waals surface area contributed by atoms with E-state index in [1.807, 2.05) is 20.8 Å². The van der Waals surface area contributed by atoms with E-state index >= 15 is 0 Å². The van der Waals surface area contributed by atoms with E-state index in [9.17, 15) is 13.9 Å². The number of aliphatic hydroxyl groups excluding tert-OH is 1. The lowest BCUT2D eigenvalue weighted by Crippen LogP contribution is -2.14. The molecule has 0 aliphatic rings. The third kappa shape index (κ3) is 5.11. The smallest absolute Gasteiger partial charge is 0.387 e. The molecule has 2 rings (SSSR count). The van der Waals surface area contributed by atoms with E-state index in [0.717, 1.165) is 5.82 Å². The second kappa shape index (κ2) is 7.18. The molecule has 23 heavy (non-hydrogen) atoms. The topological polar surface area (TPSA) is 67.3 Å². The molecule has 0 radical (unpaired) electrons. The standard InChI is InChI=1S/C15H19F2N3O2S/c1-15(2,3)12-19-14(23-20-12)18-8-11(21)9-4-6-10(7-5-9)22-13(16)17/h4-7,11,13,21H,8H2,1-3H3,(H,18,19,20). The molecule has 0 bridgehead atoms. The molecule has 1 unspecified atom stereocenters. The number of aromatic nitrogens is 2. The number of rotatable bonds is 6. The lowest BCUT2D eigenvalue weighted by Gasteiger charge is -2.13. The Kier molecular flexibility index (Phi) is 5.48. The van der Waals surface area contributed by atoms with Gasteiger partial charge < -0.3 is 15.2 Å². The number of benzene rings is 1. The third-order valence-electron chi connectivity index (χ3n) is 3.03. The maximum atomic E-state index is 12.1. The molecule has 2 aromatic rings. The predicted molar refractivity (Wildman–Crippen MR) is 85.1 cm³/mol. The van der Waals surface area contributed by atoms with Gasteiger partial charge in [-0.15, -0.1) is 0 Å². The molecule has 1 heterocycles. The largest absolute Gasteiger partial charge is 0.435 e. The summed E-state index contributed by atoms with van der Waals surface area (Å²) < 4.78 is 32.7. The van der Waals surface area contributed by atoms with Gasteiger partial charge in [0.1, 0.15) is 11.6 Å². The van der Waals surface area contributed by atoms with Crippen LogP contribution in [0.2, 0.25) is 0 Å². The molecule has 0 amide bonds. The highest BCUT2D eigenvalue weighted by Gasteiger charge is 2.19. The highest BCUT2D eigenvalue weighted by molar-refractivity contribution is 7.09. The summed E-state index contributed by atoms with van der Waals surface area (Å²) in [5, 5.41) is 13.8. The van der Waals surface area contributed by atoms with E-state index in [2.05, 4.69) is 19.4 Å². The molecule has 1 atom stereocenters. The maximum absolute atomic E-state index is 12.1. The fourth-order valence-corrected chi connectivity index (χ4v) is 2.54. The monoisotopic (exact) mass is 343 g/mol. The lowest BCUT2D eigenvalue weighted by molar-refractivity contribution is -0.0498. The van der Waals surface area contributed by atoms with Gasteiger partial charge in [-0.25, -0.2) is 4.98 Å².